The summed E-state index contributed by atoms with van der Waals surface area (Å²) in [4.78, 5) is 12.0. The third kappa shape index (κ3) is 2.64. The van der Waals surface area contributed by atoms with Gasteiger partial charge in [0.2, 0.25) is 5.91 Å². The first-order valence-corrected chi connectivity index (χ1v) is 5.83. The minimum absolute atomic E-state index is 0.0175. The second-order valence-corrected chi connectivity index (χ2v) is 4.77. The van der Waals surface area contributed by atoms with Gasteiger partial charge < -0.3 is 5.32 Å². The van der Waals surface area contributed by atoms with Gasteiger partial charge in [0.25, 0.3) is 0 Å². The summed E-state index contributed by atoms with van der Waals surface area (Å²) in [5, 5.41) is 3.07. The lowest BCUT2D eigenvalue weighted by Crippen LogP contribution is -2.41. The maximum Gasteiger partial charge on any atom is 0.248 e. The standard InChI is InChI=1S/C15H17NO/c1-15(2,13-10-4-3-5-11-13)16-14(17)12-8-6-7-9-12/h3-8,10-11H,9H2,1-2H3,(H,16,17). The van der Waals surface area contributed by atoms with Gasteiger partial charge in [0.1, 0.15) is 0 Å². The molecular weight excluding hydrogens is 210 g/mol. The second kappa shape index (κ2) is 4.58. The van der Waals surface area contributed by atoms with Crippen molar-refractivity contribution in [2.24, 2.45) is 0 Å². The molecule has 0 atom stereocenters. The molecule has 0 spiro atoms. The molecule has 0 saturated carbocycles. The van der Waals surface area contributed by atoms with Crippen molar-refractivity contribution in [3.05, 3.63) is 59.7 Å². The van der Waals surface area contributed by atoms with E-state index in [2.05, 4.69) is 5.32 Å². The summed E-state index contributed by atoms with van der Waals surface area (Å²) in [6.45, 7) is 4.03. The van der Waals surface area contributed by atoms with Crippen molar-refractivity contribution in [3.63, 3.8) is 0 Å². The van der Waals surface area contributed by atoms with Crippen LogP contribution in [-0.4, -0.2) is 5.91 Å². The predicted molar refractivity (Wildman–Crippen MR) is 69.5 cm³/mol. The number of hydrogen-bond acceptors (Lipinski definition) is 1. The predicted octanol–water partition coefficient (Wildman–Crippen LogP) is 2.92. The third-order valence-corrected chi connectivity index (χ3v) is 2.98. The lowest BCUT2D eigenvalue weighted by molar-refractivity contribution is -0.119. The molecular formula is C15H17NO. The fraction of sp³-hybridized carbons (Fsp3) is 0.267. The lowest BCUT2D eigenvalue weighted by Gasteiger charge is -2.27. The van der Waals surface area contributed by atoms with E-state index in [9.17, 15) is 4.79 Å². The summed E-state index contributed by atoms with van der Waals surface area (Å²) in [5.41, 5.74) is 1.59. The maximum atomic E-state index is 12.0. The first-order chi connectivity index (χ1) is 8.09. The molecule has 2 nitrogen and oxygen atoms in total. The fourth-order valence-electron chi connectivity index (χ4n) is 1.91. The Hall–Kier alpha value is -1.83. The highest BCUT2D eigenvalue weighted by atomic mass is 16.1. The summed E-state index contributed by atoms with van der Waals surface area (Å²) in [5.74, 6) is 0.0175. The van der Waals surface area contributed by atoms with Gasteiger partial charge >= 0.3 is 0 Å². The van der Waals surface area contributed by atoms with Crippen LogP contribution in [0.15, 0.2) is 54.1 Å². The van der Waals surface area contributed by atoms with E-state index >= 15 is 0 Å². The van der Waals surface area contributed by atoms with Crippen LogP contribution in [0.3, 0.4) is 0 Å². The summed E-state index contributed by atoms with van der Waals surface area (Å²) in [6.07, 6.45) is 6.52. The minimum Gasteiger partial charge on any atom is -0.343 e. The average Bonchev–Trinajstić information content (AvgIpc) is 2.83. The fourth-order valence-corrected chi connectivity index (χ4v) is 1.91. The molecule has 0 saturated heterocycles. The minimum atomic E-state index is -0.345. The molecule has 0 fully saturated rings. The Labute approximate surface area is 102 Å². The van der Waals surface area contributed by atoms with E-state index in [1.807, 2.05) is 62.4 Å². The van der Waals surface area contributed by atoms with Crippen LogP contribution in [0.25, 0.3) is 0 Å². The molecule has 1 N–H and O–H groups in total. The number of amides is 1. The van der Waals surface area contributed by atoms with Gasteiger partial charge in [-0.2, -0.15) is 0 Å². The van der Waals surface area contributed by atoms with Gasteiger partial charge in [-0.3, -0.25) is 4.79 Å². The van der Waals surface area contributed by atoms with Crippen LogP contribution in [-0.2, 0) is 10.3 Å². The van der Waals surface area contributed by atoms with Crippen molar-refractivity contribution in [2.45, 2.75) is 25.8 Å². The Balaban J connectivity index is 2.10. The lowest BCUT2D eigenvalue weighted by atomic mass is 9.94. The first kappa shape index (κ1) is 11.6. The van der Waals surface area contributed by atoms with Crippen molar-refractivity contribution in [2.75, 3.05) is 0 Å². The number of benzene rings is 1. The van der Waals surface area contributed by atoms with E-state index < -0.39 is 0 Å². The van der Waals surface area contributed by atoms with E-state index in [4.69, 9.17) is 0 Å². The average molecular weight is 227 g/mol. The number of rotatable bonds is 3. The third-order valence-electron chi connectivity index (χ3n) is 2.98. The number of carbonyl (C=O) groups excluding carboxylic acids is 1. The smallest absolute Gasteiger partial charge is 0.248 e. The van der Waals surface area contributed by atoms with Gasteiger partial charge in [-0.15, -0.1) is 0 Å². The molecule has 2 rings (SSSR count). The Morgan fingerprint density at radius 2 is 1.94 bits per heavy atom. The second-order valence-electron chi connectivity index (χ2n) is 4.77. The van der Waals surface area contributed by atoms with Crippen molar-refractivity contribution in [3.8, 4) is 0 Å². The molecule has 1 aliphatic rings. The van der Waals surface area contributed by atoms with E-state index in [-0.39, 0.29) is 11.4 Å². The zero-order valence-corrected chi connectivity index (χ0v) is 10.2. The van der Waals surface area contributed by atoms with Crippen LogP contribution in [0.2, 0.25) is 0 Å². The Bertz CT molecular complexity index is 469. The Kier molecular flexibility index (Phi) is 3.14. The van der Waals surface area contributed by atoms with Crippen molar-refractivity contribution in [1.82, 2.24) is 5.32 Å². The number of carbonyl (C=O) groups is 1. The van der Waals surface area contributed by atoms with Crippen molar-refractivity contribution in [1.29, 1.82) is 0 Å². The SMILES string of the molecule is CC(C)(NC(=O)C1=CC=CC1)c1ccccc1. The monoisotopic (exact) mass is 227 g/mol. The van der Waals surface area contributed by atoms with E-state index in [1.54, 1.807) is 0 Å². The van der Waals surface area contributed by atoms with Gasteiger partial charge in [-0.25, -0.2) is 0 Å². The quantitative estimate of drug-likeness (QED) is 0.845. The van der Waals surface area contributed by atoms with Crippen molar-refractivity contribution >= 4 is 5.91 Å². The largest absolute Gasteiger partial charge is 0.343 e. The maximum absolute atomic E-state index is 12.0. The van der Waals surface area contributed by atoms with E-state index in [0.717, 1.165) is 17.6 Å². The number of nitrogens with one attached hydrogen (secondary N) is 1. The van der Waals surface area contributed by atoms with Crippen LogP contribution in [0.1, 0.15) is 25.8 Å². The topological polar surface area (TPSA) is 29.1 Å². The molecule has 2 heteroatoms. The van der Waals surface area contributed by atoms with Crippen LogP contribution in [0.5, 0.6) is 0 Å². The van der Waals surface area contributed by atoms with Crippen LogP contribution in [0, 0.1) is 0 Å². The molecule has 1 aromatic carbocycles. The molecule has 0 heterocycles. The van der Waals surface area contributed by atoms with Crippen LogP contribution >= 0.6 is 0 Å². The Morgan fingerprint density at radius 3 is 2.53 bits per heavy atom. The number of hydrogen-bond donors (Lipinski definition) is 1. The molecule has 0 aromatic heterocycles. The molecule has 1 aliphatic carbocycles. The number of allylic oxidation sites excluding steroid dienone is 3. The highest BCUT2D eigenvalue weighted by molar-refractivity contribution is 5.95. The van der Waals surface area contributed by atoms with Gasteiger partial charge in [0.15, 0.2) is 0 Å². The Morgan fingerprint density at radius 1 is 1.24 bits per heavy atom. The summed E-state index contributed by atoms with van der Waals surface area (Å²) < 4.78 is 0. The molecule has 0 aliphatic heterocycles. The highest BCUT2D eigenvalue weighted by Gasteiger charge is 2.24. The van der Waals surface area contributed by atoms with Crippen molar-refractivity contribution < 1.29 is 4.79 Å². The zero-order chi connectivity index (χ0) is 12.3. The van der Waals surface area contributed by atoms with Gasteiger partial charge in [-0.05, 0) is 25.8 Å². The summed E-state index contributed by atoms with van der Waals surface area (Å²) in [7, 11) is 0. The molecule has 1 aromatic rings. The zero-order valence-electron chi connectivity index (χ0n) is 10.2. The van der Waals surface area contributed by atoms with Crippen LogP contribution in [0.4, 0.5) is 0 Å². The summed E-state index contributed by atoms with van der Waals surface area (Å²) in [6, 6.07) is 10.0. The molecule has 0 radical (unpaired) electrons. The normalized spacial score (nSPS) is 14.6. The van der Waals surface area contributed by atoms with E-state index in [1.165, 1.54) is 0 Å². The van der Waals surface area contributed by atoms with Gasteiger partial charge in [-0.1, -0.05) is 48.6 Å². The first-order valence-electron chi connectivity index (χ1n) is 5.83. The van der Waals surface area contributed by atoms with E-state index in [0.29, 0.717) is 0 Å². The highest BCUT2D eigenvalue weighted by Crippen LogP contribution is 2.21. The molecule has 1 amide bonds. The molecule has 17 heavy (non-hydrogen) atoms. The molecule has 0 bridgehead atoms. The molecule has 0 unspecified atom stereocenters. The summed E-state index contributed by atoms with van der Waals surface area (Å²) >= 11 is 0. The van der Waals surface area contributed by atoms with Gasteiger partial charge in [0, 0.05) is 5.57 Å². The van der Waals surface area contributed by atoms with Crippen LogP contribution < -0.4 is 5.32 Å². The van der Waals surface area contributed by atoms with Gasteiger partial charge in [0.05, 0.1) is 5.54 Å². The molecule has 88 valence electrons.